The zero-order valence-corrected chi connectivity index (χ0v) is 14.0. The Balaban J connectivity index is 1.52. The van der Waals surface area contributed by atoms with E-state index < -0.39 is 0 Å². The normalized spacial score (nSPS) is 17.4. The minimum Gasteiger partial charge on any atom is -0.322 e. The van der Waals surface area contributed by atoms with E-state index in [9.17, 15) is 4.79 Å². The predicted molar refractivity (Wildman–Crippen MR) is 95.7 cm³/mol. The van der Waals surface area contributed by atoms with Gasteiger partial charge in [-0.2, -0.15) is 0 Å². The van der Waals surface area contributed by atoms with E-state index in [1.54, 1.807) is 0 Å². The molecule has 4 nitrogen and oxygen atoms in total. The first-order valence-corrected chi connectivity index (χ1v) is 8.76. The zero-order chi connectivity index (χ0) is 16.1. The molecule has 2 aromatic rings. The second kappa shape index (κ2) is 7.75. The van der Waals surface area contributed by atoms with Crippen LogP contribution in [-0.2, 0) is 6.54 Å². The van der Waals surface area contributed by atoms with Crippen molar-refractivity contribution in [2.24, 2.45) is 5.92 Å². The Morgan fingerprint density at radius 2 is 2.00 bits per heavy atom. The predicted octanol–water partition coefficient (Wildman–Crippen LogP) is 2.74. The molecule has 1 aliphatic heterocycles. The molecule has 0 aliphatic carbocycles. The third-order valence-electron chi connectivity index (χ3n) is 4.66. The van der Waals surface area contributed by atoms with Gasteiger partial charge < -0.3 is 15.2 Å². The lowest BCUT2D eigenvalue weighted by atomic mass is 10.1. The molecule has 2 N–H and O–H groups in total. The highest BCUT2D eigenvalue weighted by Crippen LogP contribution is 2.11. The maximum atomic E-state index is 12.1. The van der Waals surface area contributed by atoms with Gasteiger partial charge in [0.25, 0.3) is 5.56 Å². The van der Waals surface area contributed by atoms with Gasteiger partial charge >= 0.3 is 0 Å². The summed E-state index contributed by atoms with van der Waals surface area (Å²) in [7, 11) is 0. The third-order valence-corrected chi connectivity index (χ3v) is 4.66. The van der Waals surface area contributed by atoms with Gasteiger partial charge in [0.1, 0.15) is 0 Å². The molecule has 124 valence electrons. The molecule has 1 saturated heterocycles. The molecule has 1 unspecified atom stereocenters. The smallest absolute Gasteiger partial charge is 0.252 e. The highest BCUT2D eigenvalue weighted by Gasteiger charge is 2.13. The molecule has 3 rings (SSSR count). The monoisotopic (exact) mass is 313 g/mol. The number of aromatic amines is 1. The van der Waals surface area contributed by atoms with Crippen LogP contribution >= 0.6 is 0 Å². The van der Waals surface area contributed by atoms with Crippen LogP contribution in [-0.4, -0.2) is 36.1 Å². The molecule has 23 heavy (non-hydrogen) atoms. The van der Waals surface area contributed by atoms with Crippen LogP contribution in [0, 0.1) is 5.92 Å². The van der Waals surface area contributed by atoms with E-state index >= 15 is 0 Å². The largest absolute Gasteiger partial charge is 0.322 e. The fourth-order valence-electron chi connectivity index (χ4n) is 3.42. The van der Waals surface area contributed by atoms with E-state index in [-0.39, 0.29) is 5.56 Å². The molecule has 0 radical (unpaired) electrons. The Kier molecular flexibility index (Phi) is 5.47. The first-order valence-electron chi connectivity index (χ1n) is 8.76. The Bertz CT molecular complexity index is 688. The molecule has 0 spiro atoms. The van der Waals surface area contributed by atoms with Crippen molar-refractivity contribution in [1.29, 1.82) is 0 Å². The summed E-state index contributed by atoms with van der Waals surface area (Å²) < 4.78 is 0. The van der Waals surface area contributed by atoms with Gasteiger partial charge in [-0.25, -0.2) is 0 Å². The Morgan fingerprint density at radius 1 is 1.22 bits per heavy atom. The van der Waals surface area contributed by atoms with E-state index in [2.05, 4.69) is 22.1 Å². The summed E-state index contributed by atoms with van der Waals surface area (Å²) in [6, 6.07) is 9.91. The summed E-state index contributed by atoms with van der Waals surface area (Å²) in [5.74, 6) is 0.604. The average molecular weight is 313 g/mol. The molecular formula is C19H27N3O. The fourth-order valence-corrected chi connectivity index (χ4v) is 3.42. The first-order chi connectivity index (χ1) is 11.2. The lowest BCUT2D eigenvalue weighted by Gasteiger charge is -2.29. The van der Waals surface area contributed by atoms with Gasteiger partial charge in [0, 0.05) is 24.2 Å². The van der Waals surface area contributed by atoms with Crippen molar-refractivity contribution in [3.05, 3.63) is 46.2 Å². The van der Waals surface area contributed by atoms with Gasteiger partial charge in [0.05, 0.1) is 0 Å². The molecule has 0 amide bonds. The van der Waals surface area contributed by atoms with Crippen LogP contribution < -0.4 is 10.9 Å². The molecule has 1 fully saturated rings. The maximum absolute atomic E-state index is 12.1. The Labute approximate surface area is 137 Å². The van der Waals surface area contributed by atoms with Crippen LogP contribution in [0.25, 0.3) is 10.9 Å². The lowest BCUT2D eigenvalue weighted by molar-refractivity contribution is 0.199. The van der Waals surface area contributed by atoms with Crippen LogP contribution in [0.4, 0.5) is 0 Å². The Hall–Kier alpha value is -1.65. The number of nitrogens with one attached hydrogen (secondary N) is 2. The van der Waals surface area contributed by atoms with Crippen molar-refractivity contribution in [2.75, 3.05) is 26.2 Å². The van der Waals surface area contributed by atoms with Crippen LogP contribution in [0.5, 0.6) is 0 Å². The van der Waals surface area contributed by atoms with Crippen molar-refractivity contribution in [3.63, 3.8) is 0 Å². The summed E-state index contributed by atoms with van der Waals surface area (Å²) in [6.45, 7) is 7.50. The number of likely N-dealkylation sites (tertiary alicyclic amines) is 1. The van der Waals surface area contributed by atoms with E-state index in [1.807, 2.05) is 30.3 Å². The molecule has 0 bridgehead atoms. The molecule has 1 aromatic carbocycles. The number of H-pyrrole nitrogens is 1. The minimum atomic E-state index is 0.0138. The lowest BCUT2D eigenvalue weighted by Crippen LogP contribution is -2.36. The summed E-state index contributed by atoms with van der Waals surface area (Å²) in [5.41, 5.74) is 1.73. The average Bonchev–Trinajstić information content (AvgIpc) is 2.56. The number of hydrogen-bond donors (Lipinski definition) is 2. The molecule has 2 heterocycles. The van der Waals surface area contributed by atoms with Crippen LogP contribution in [0.1, 0.15) is 31.7 Å². The zero-order valence-electron chi connectivity index (χ0n) is 14.0. The van der Waals surface area contributed by atoms with Crippen molar-refractivity contribution in [2.45, 2.75) is 32.7 Å². The minimum absolute atomic E-state index is 0.0138. The van der Waals surface area contributed by atoms with E-state index in [0.29, 0.717) is 12.5 Å². The molecule has 1 aromatic heterocycles. The summed E-state index contributed by atoms with van der Waals surface area (Å²) in [5, 5.41) is 4.54. The quantitative estimate of drug-likeness (QED) is 0.862. The number of benzene rings is 1. The molecule has 0 saturated carbocycles. The molecule has 1 atom stereocenters. The highest BCUT2D eigenvalue weighted by molar-refractivity contribution is 5.78. The standard InChI is InChI=1S/C19H27N3O/c1-15(14-22-9-5-2-6-10-22)12-20-13-17-11-16-7-3-4-8-18(16)21-19(17)23/h3-4,7-8,11,15,20H,2,5-6,9-10,12-14H2,1H3,(H,21,23). The van der Waals surface area contributed by atoms with Crippen LogP contribution in [0.15, 0.2) is 35.1 Å². The fraction of sp³-hybridized carbons (Fsp3) is 0.526. The number of rotatable bonds is 6. The molecule has 4 heteroatoms. The van der Waals surface area contributed by atoms with Crippen molar-refractivity contribution >= 4 is 10.9 Å². The molecule has 1 aliphatic rings. The SMILES string of the molecule is CC(CNCc1cc2ccccc2[nH]c1=O)CN1CCCCC1. The van der Waals surface area contributed by atoms with Gasteiger partial charge in [-0.05, 0) is 55.9 Å². The van der Waals surface area contributed by atoms with Crippen molar-refractivity contribution in [3.8, 4) is 0 Å². The Morgan fingerprint density at radius 3 is 2.83 bits per heavy atom. The van der Waals surface area contributed by atoms with Gasteiger partial charge in [-0.3, -0.25) is 4.79 Å². The van der Waals surface area contributed by atoms with E-state index in [1.165, 1.54) is 32.4 Å². The molecular weight excluding hydrogens is 286 g/mol. The van der Waals surface area contributed by atoms with Gasteiger partial charge in [-0.1, -0.05) is 31.5 Å². The summed E-state index contributed by atoms with van der Waals surface area (Å²) >= 11 is 0. The highest BCUT2D eigenvalue weighted by atomic mass is 16.1. The number of pyridine rings is 1. The van der Waals surface area contributed by atoms with Crippen LogP contribution in [0.3, 0.4) is 0 Å². The van der Waals surface area contributed by atoms with Gasteiger partial charge in [-0.15, -0.1) is 0 Å². The summed E-state index contributed by atoms with van der Waals surface area (Å²) in [4.78, 5) is 17.6. The second-order valence-corrected chi connectivity index (χ2v) is 6.81. The van der Waals surface area contributed by atoms with Gasteiger partial charge in [0.15, 0.2) is 0 Å². The van der Waals surface area contributed by atoms with E-state index in [4.69, 9.17) is 0 Å². The van der Waals surface area contributed by atoms with Crippen molar-refractivity contribution < 1.29 is 0 Å². The van der Waals surface area contributed by atoms with Gasteiger partial charge in [0.2, 0.25) is 0 Å². The number of aromatic nitrogens is 1. The summed E-state index contributed by atoms with van der Waals surface area (Å²) in [6.07, 6.45) is 4.06. The topological polar surface area (TPSA) is 48.1 Å². The first kappa shape index (κ1) is 16.2. The second-order valence-electron chi connectivity index (χ2n) is 6.81. The number of piperidine rings is 1. The number of fused-ring (bicyclic) bond motifs is 1. The number of para-hydroxylation sites is 1. The van der Waals surface area contributed by atoms with E-state index in [0.717, 1.165) is 29.6 Å². The van der Waals surface area contributed by atoms with Crippen molar-refractivity contribution in [1.82, 2.24) is 15.2 Å². The number of nitrogens with zero attached hydrogens (tertiary/aromatic N) is 1. The maximum Gasteiger partial charge on any atom is 0.252 e. The third kappa shape index (κ3) is 4.43. The van der Waals surface area contributed by atoms with Crippen LogP contribution in [0.2, 0.25) is 0 Å². The number of hydrogen-bond acceptors (Lipinski definition) is 3.